The molecule has 0 saturated heterocycles. The van der Waals surface area contributed by atoms with Gasteiger partial charge in [-0.25, -0.2) is 4.79 Å². The summed E-state index contributed by atoms with van der Waals surface area (Å²) >= 11 is 6.26. The largest absolute Gasteiger partial charge is 0.460 e. The van der Waals surface area contributed by atoms with Crippen molar-refractivity contribution in [2.45, 2.75) is 71.1 Å². The van der Waals surface area contributed by atoms with Crippen molar-refractivity contribution in [2.75, 3.05) is 11.9 Å². The second kappa shape index (κ2) is 8.91. The molecule has 0 spiro atoms. The fourth-order valence-corrected chi connectivity index (χ4v) is 3.73. The fraction of sp³-hybridized carbons (Fsp3) is 0.571. The maximum absolute atomic E-state index is 12.5. The van der Waals surface area contributed by atoms with Crippen LogP contribution in [0.4, 0.5) is 10.5 Å². The number of carbonyl (C=O) groups excluding carboxylic acids is 2. The van der Waals surface area contributed by atoms with Crippen LogP contribution in [0.15, 0.2) is 12.1 Å². The van der Waals surface area contributed by atoms with Gasteiger partial charge in [-0.1, -0.05) is 11.6 Å². The van der Waals surface area contributed by atoms with E-state index >= 15 is 0 Å². The molecule has 2 unspecified atom stereocenters. The van der Waals surface area contributed by atoms with Gasteiger partial charge in [0.25, 0.3) is 0 Å². The molecule has 1 aromatic rings. The number of benzene rings is 1. The van der Waals surface area contributed by atoms with Crippen molar-refractivity contribution >= 4 is 29.4 Å². The van der Waals surface area contributed by atoms with Crippen LogP contribution in [-0.2, 0) is 14.3 Å². The molecule has 0 heterocycles. The highest BCUT2D eigenvalue weighted by atomic mass is 35.5. The van der Waals surface area contributed by atoms with Crippen LogP contribution in [0.25, 0.3) is 0 Å². The first-order chi connectivity index (χ1) is 13.5. The number of anilines is 1. The second-order valence-corrected chi connectivity index (χ2v) is 8.72. The third-order valence-electron chi connectivity index (χ3n) is 4.86. The van der Waals surface area contributed by atoms with Crippen molar-refractivity contribution < 1.29 is 19.1 Å². The predicted octanol–water partition coefficient (Wildman–Crippen LogP) is 4.31. The second-order valence-electron chi connectivity index (χ2n) is 8.34. The van der Waals surface area contributed by atoms with Gasteiger partial charge in [0.2, 0.25) is 0 Å². The summed E-state index contributed by atoms with van der Waals surface area (Å²) in [6, 6.07) is 5.47. The van der Waals surface area contributed by atoms with Crippen LogP contribution in [0, 0.1) is 18.3 Å². The van der Waals surface area contributed by atoms with Crippen LogP contribution in [0.3, 0.4) is 0 Å². The first kappa shape index (κ1) is 22.8. The Morgan fingerprint density at radius 2 is 2.07 bits per heavy atom. The number of nitriles is 1. The number of nitrogens with zero attached hydrogens (tertiary/aromatic N) is 1. The molecule has 29 heavy (non-hydrogen) atoms. The molecular weight excluding hydrogens is 394 g/mol. The minimum atomic E-state index is -0.819. The lowest BCUT2D eigenvalue weighted by Gasteiger charge is -2.37. The highest BCUT2D eigenvalue weighted by Crippen LogP contribution is 2.35. The van der Waals surface area contributed by atoms with E-state index in [0.29, 0.717) is 30.0 Å². The van der Waals surface area contributed by atoms with Crippen molar-refractivity contribution in [3.8, 4) is 6.07 Å². The van der Waals surface area contributed by atoms with Crippen LogP contribution in [-0.4, -0.2) is 35.9 Å². The Balaban J connectivity index is 2.27. The topological polar surface area (TPSA) is 100 Å². The van der Waals surface area contributed by atoms with Gasteiger partial charge in [-0.05, 0) is 64.7 Å². The van der Waals surface area contributed by atoms with Gasteiger partial charge >= 0.3 is 12.1 Å². The van der Waals surface area contributed by atoms with Gasteiger partial charge in [0.1, 0.15) is 17.8 Å². The first-order valence-corrected chi connectivity index (χ1v) is 9.97. The third-order valence-corrected chi connectivity index (χ3v) is 5.35. The molecule has 2 atom stereocenters. The Hall–Kier alpha value is -2.46. The molecular formula is C21H28ClN3O4. The van der Waals surface area contributed by atoms with E-state index in [1.54, 1.807) is 32.9 Å². The van der Waals surface area contributed by atoms with Crippen molar-refractivity contribution in [1.82, 2.24) is 5.32 Å². The Morgan fingerprint density at radius 1 is 1.38 bits per heavy atom. The highest BCUT2D eigenvalue weighted by molar-refractivity contribution is 6.32. The molecule has 1 amide bonds. The SMILES string of the molecule is CC(=O)OC1CCCC1(CNc1ccc(C#N)c(Cl)c1C)NC(=O)OC(C)(C)C. The van der Waals surface area contributed by atoms with Gasteiger partial charge in [-0.15, -0.1) is 0 Å². The Morgan fingerprint density at radius 3 is 2.66 bits per heavy atom. The number of halogens is 1. The van der Waals surface area contributed by atoms with Gasteiger partial charge in [-0.2, -0.15) is 5.26 Å². The molecule has 8 heteroatoms. The summed E-state index contributed by atoms with van der Waals surface area (Å²) in [6.45, 7) is 8.85. The molecule has 1 fully saturated rings. The Bertz CT molecular complexity index is 828. The van der Waals surface area contributed by atoms with Crippen molar-refractivity contribution in [3.05, 3.63) is 28.3 Å². The van der Waals surface area contributed by atoms with Crippen molar-refractivity contribution in [2.24, 2.45) is 0 Å². The van der Waals surface area contributed by atoms with Crippen LogP contribution in [0.5, 0.6) is 0 Å². The number of esters is 1. The van der Waals surface area contributed by atoms with E-state index in [1.807, 2.05) is 6.92 Å². The average molecular weight is 422 g/mol. The van der Waals surface area contributed by atoms with Crippen LogP contribution in [0.2, 0.25) is 5.02 Å². The smallest absolute Gasteiger partial charge is 0.408 e. The molecule has 7 nitrogen and oxygen atoms in total. The minimum Gasteiger partial charge on any atom is -0.460 e. The number of nitrogens with one attached hydrogen (secondary N) is 2. The molecule has 2 N–H and O–H groups in total. The predicted molar refractivity (Wildman–Crippen MR) is 111 cm³/mol. The Kier molecular flexibility index (Phi) is 7.02. The summed E-state index contributed by atoms with van der Waals surface area (Å²) in [5.74, 6) is -0.398. The van der Waals surface area contributed by atoms with E-state index in [-0.39, 0.29) is 0 Å². The number of carbonyl (C=O) groups is 2. The maximum Gasteiger partial charge on any atom is 0.408 e. The lowest BCUT2D eigenvalue weighted by atomic mass is 9.94. The van der Waals surface area contributed by atoms with Gasteiger partial charge in [0.15, 0.2) is 0 Å². The number of hydrogen-bond acceptors (Lipinski definition) is 6. The summed E-state index contributed by atoms with van der Waals surface area (Å²) in [6.07, 6.45) is 1.02. The van der Waals surface area contributed by atoms with Crippen LogP contribution < -0.4 is 10.6 Å². The van der Waals surface area contributed by atoms with Gasteiger partial charge < -0.3 is 20.1 Å². The molecule has 0 bridgehead atoms. The summed E-state index contributed by atoms with van der Waals surface area (Å²) < 4.78 is 10.9. The van der Waals surface area contributed by atoms with E-state index < -0.39 is 29.3 Å². The maximum atomic E-state index is 12.5. The molecule has 0 radical (unpaired) electrons. The molecule has 1 aliphatic carbocycles. The summed E-state index contributed by atoms with van der Waals surface area (Å²) in [7, 11) is 0. The van der Waals surface area contributed by atoms with E-state index in [0.717, 1.165) is 17.7 Å². The van der Waals surface area contributed by atoms with E-state index in [9.17, 15) is 9.59 Å². The van der Waals surface area contributed by atoms with Crippen molar-refractivity contribution in [1.29, 1.82) is 5.26 Å². The molecule has 0 aliphatic heterocycles. The zero-order chi connectivity index (χ0) is 21.8. The van der Waals surface area contributed by atoms with Crippen molar-refractivity contribution in [3.63, 3.8) is 0 Å². The number of alkyl carbamates (subject to hydrolysis) is 1. The minimum absolute atomic E-state index is 0.313. The summed E-state index contributed by atoms with van der Waals surface area (Å²) in [5.41, 5.74) is 0.412. The first-order valence-electron chi connectivity index (χ1n) is 9.59. The van der Waals surface area contributed by atoms with E-state index in [2.05, 4.69) is 16.7 Å². The molecule has 1 aliphatic rings. The van der Waals surface area contributed by atoms with Gasteiger partial charge in [0, 0.05) is 19.2 Å². The van der Waals surface area contributed by atoms with Crippen LogP contribution >= 0.6 is 11.6 Å². The molecule has 1 saturated carbocycles. The summed E-state index contributed by atoms with van der Waals surface area (Å²) in [4.78, 5) is 24.1. The summed E-state index contributed by atoms with van der Waals surface area (Å²) in [5, 5.41) is 15.8. The molecule has 0 aromatic heterocycles. The number of amides is 1. The van der Waals surface area contributed by atoms with Gasteiger partial charge in [0.05, 0.1) is 16.1 Å². The molecule has 1 aromatic carbocycles. The normalized spacial score (nSPS) is 21.2. The fourth-order valence-electron chi connectivity index (χ4n) is 3.52. The zero-order valence-electron chi connectivity index (χ0n) is 17.5. The van der Waals surface area contributed by atoms with E-state index in [4.69, 9.17) is 26.3 Å². The number of rotatable bonds is 5. The van der Waals surface area contributed by atoms with Crippen LogP contribution in [0.1, 0.15) is 58.1 Å². The monoisotopic (exact) mass is 421 g/mol. The number of hydrogen-bond donors (Lipinski definition) is 2. The average Bonchev–Trinajstić information content (AvgIpc) is 2.96. The zero-order valence-corrected chi connectivity index (χ0v) is 18.3. The lowest BCUT2D eigenvalue weighted by Crippen LogP contribution is -2.59. The Labute approximate surface area is 176 Å². The molecule has 158 valence electrons. The van der Waals surface area contributed by atoms with Gasteiger partial charge in [-0.3, -0.25) is 4.79 Å². The standard InChI is InChI=1S/C21H28ClN3O4/c1-13-16(9-8-15(11-23)18(13)22)24-12-21(25-19(27)29-20(3,4)5)10-6-7-17(21)28-14(2)26/h8-9,17,24H,6-7,10,12H2,1-5H3,(H,25,27). The lowest BCUT2D eigenvalue weighted by molar-refractivity contribution is -0.149. The van der Waals surface area contributed by atoms with E-state index in [1.165, 1.54) is 6.92 Å². The highest BCUT2D eigenvalue weighted by Gasteiger charge is 2.47. The number of ether oxygens (including phenoxy) is 2. The molecule has 2 rings (SSSR count). The third kappa shape index (κ3) is 5.77. The quantitative estimate of drug-likeness (QED) is 0.687.